The van der Waals surface area contributed by atoms with Crippen LogP contribution in [0.15, 0.2) is 17.9 Å². The van der Waals surface area contributed by atoms with Crippen LogP contribution in [0.2, 0.25) is 0 Å². The first-order valence-electron chi connectivity index (χ1n) is 7.70. The van der Waals surface area contributed by atoms with Gasteiger partial charge in [0.15, 0.2) is 5.78 Å². The van der Waals surface area contributed by atoms with Gasteiger partial charge in [-0.15, -0.1) is 0 Å². The van der Waals surface area contributed by atoms with Crippen LogP contribution in [-0.4, -0.2) is 23.1 Å². The molecule has 1 N–H and O–H groups in total. The molecule has 0 spiro atoms. The molecule has 0 amide bonds. The minimum atomic E-state index is -0.154. The Labute approximate surface area is 124 Å². The summed E-state index contributed by atoms with van der Waals surface area (Å²) in [5, 5.41) is 10.7. The minimum absolute atomic E-state index is 0.0122. The van der Waals surface area contributed by atoms with Crippen molar-refractivity contribution < 1.29 is 14.6 Å². The van der Waals surface area contributed by atoms with E-state index < -0.39 is 0 Å². The molecule has 0 radical (unpaired) electrons. The SMILES string of the molecule is Cc1cc(C)c(C2=C(O)[C@H]3[C@@H](C2=O)[C@@H]2CC[C@H]3O2)c(C)c1. The molecule has 0 aromatic heterocycles. The van der Waals surface area contributed by atoms with Crippen molar-refractivity contribution in [3.8, 4) is 0 Å². The van der Waals surface area contributed by atoms with Crippen LogP contribution in [0, 0.1) is 32.6 Å². The second-order valence-corrected chi connectivity index (χ2v) is 6.74. The van der Waals surface area contributed by atoms with E-state index in [0.29, 0.717) is 5.57 Å². The van der Waals surface area contributed by atoms with E-state index in [1.54, 1.807) is 0 Å². The molecular weight excluding hydrogens is 264 g/mol. The van der Waals surface area contributed by atoms with Crippen LogP contribution < -0.4 is 0 Å². The highest BCUT2D eigenvalue weighted by atomic mass is 16.5. The molecule has 110 valence electrons. The van der Waals surface area contributed by atoms with Gasteiger partial charge in [0.05, 0.1) is 29.6 Å². The van der Waals surface area contributed by atoms with Gasteiger partial charge in [0.25, 0.3) is 0 Å². The molecule has 21 heavy (non-hydrogen) atoms. The second-order valence-electron chi connectivity index (χ2n) is 6.74. The van der Waals surface area contributed by atoms with Gasteiger partial charge in [-0.05, 0) is 50.3 Å². The van der Waals surface area contributed by atoms with Gasteiger partial charge in [-0.1, -0.05) is 17.7 Å². The average Bonchev–Trinajstić information content (AvgIpc) is 3.06. The van der Waals surface area contributed by atoms with Crippen LogP contribution in [0.3, 0.4) is 0 Å². The van der Waals surface area contributed by atoms with Crippen molar-refractivity contribution in [2.45, 2.75) is 45.8 Å². The summed E-state index contributed by atoms with van der Waals surface area (Å²) in [6.45, 7) is 6.08. The molecule has 2 bridgehead atoms. The molecule has 2 aliphatic heterocycles. The smallest absolute Gasteiger partial charge is 0.173 e. The molecule has 2 heterocycles. The zero-order valence-electron chi connectivity index (χ0n) is 12.6. The van der Waals surface area contributed by atoms with Gasteiger partial charge in [0.1, 0.15) is 5.76 Å². The topological polar surface area (TPSA) is 46.5 Å². The Morgan fingerprint density at radius 1 is 1.05 bits per heavy atom. The van der Waals surface area contributed by atoms with Crippen LogP contribution in [0.1, 0.15) is 35.1 Å². The normalized spacial score (nSPS) is 34.0. The number of rotatable bonds is 1. The summed E-state index contributed by atoms with van der Waals surface area (Å²) in [7, 11) is 0. The van der Waals surface area contributed by atoms with Gasteiger partial charge >= 0.3 is 0 Å². The van der Waals surface area contributed by atoms with Crippen molar-refractivity contribution in [2.75, 3.05) is 0 Å². The number of ether oxygens (including phenoxy) is 1. The van der Waals surface area contributed by atoms with E-state index in [0.717, 1.165) is 29.5 Å². The van der Waals surface area contributed by atoms with E-state index in [-0.39, 0.29) is 35.6 Å². The zero-order valence-corrected chi connectivity index (χ0v) is 12.6. The predicted octanol–water partition coefficient (Wildman–Crippen LogP) is 3.26. The maximum atomic E-state index is 12.9. The van der Waals surface area contributed by atoms with Crippen LogP contribution in [0.5, 0.6) is 0 Å². The molecule has 0 unspecified atom stereocenters. The Kier molecular flexibility index (Phi) is 2.62. The molecule has 1 aliphatic carbocycles. The summed E-state index contributed by atoms with van der Waals surface area (Å²) in [6, 6.07) is 4.16. The fourth-order valence-corrected chi connectivity index (χ4v) is 4.64. The highest BCUT2D eigenvalue weighted by Gasteiger charge is 2.59. The second kappa shape index (κ2) is 4.20. The van der Waals surface area contributed by atoms with Gasteiger partial charge in [-0.25, -0.2) is 0 Å². The van der Waals surface area contributed by atoms with Crippen molar-refractivity contribution in [1.29, 1.82) is 0 Å². The highest BCUT2D eigenvalue weighted by molar-refractivity contribution is 6.25. The Balaban J connectivity index is 1.88. The highest BCUT2D eigenvalue weighted by Crippen LogP contribution is 2.54. The molecule has 1 aromatic carbocycles. The number of aliphatic hydroxyl groups is 1. The Bertz CT molecular complexity index is 663. The third-order valence-corrected chi connectivity index (χ3v) is 5.32. The standard InChI is InChI=1S/C18H20O3/c1-8-6-9(2)13(10(3)7-8)16-17(19)14-11-4-5-12(21-11)15(14)18(16)20/h6-7,11-12,14-15,19H,4-5H2,1-3H3/t11-,12+,14-,15+/m1/s1. The van der Waals surface area contributed by atoms with E-state index in [1.807, 2.05) is 13.8 Å². The number of allylic oxidation sites excluding steroid dienone is 1. The Hall–Kier alpha value is -1.61. The van der Waals surface area contributed by atoms with E-state index in [9.17, 15) is 9.90 Å². The molecule has 3 heteroatoms. The number of aryl methyl sites for hydroxylation is 3. The first-order valence-corrected chi connectivity index (χ1v) is 7.70. The van der Waals surface area contributed by atoms with Gasteiger partial charge in [0.2, 0.25) is 0 Å². The average molecular weight is 284 g/mol. The molecule has 3 nitrogen and oxygen atoms in total. The van der Waals surface area contributed by atoms with Crippen molar-refractivity contribution in [3.63, 3.8) is 0 Å². The number of benzene rings is 1. The largest absolute Gasteiger partial charge is 0.511 e. The van der Waals surface area contributed by atoms with Gasteiger partial charge < -0.3 is 9.84 Å². The lowest BCUT2D eigenvalue weighted by Gasteiger charge is -2.19. The molecular formula is C18H20O3. The minimum Gasteiger partial charge on any atom is -0.511 e. The number of ketones is 1. The third-order valence-electron chi connectivity index (χ3n) is 5.32. The van der Waals surface area contributed by atoms with Crippen molar-refractivity contribution in [3.05, 3.63) is 40.1 Å². The maximum Gasteiger partial charge on any atom is 0.173 e. The van der Waals surface area contributed by atoms with Gasteiger partial charge in [0, 0.05) is 0 Å². The summed E-state index contributed by atoms with van der Waals surface area (Å²) in [6.07, 6.45) is 1.96. The van der Waals surface area contributed by atoms with Crippen LogP contribution in [0.25, 0.3) is 5.57 Å². The first-order chi connectivity index (χ1) is 9.99. The molecule has 2 fully saturated rings. The number of hydrogen-bond donors (Lipinski definition) is 1. The summed E-state index contributed by atoms with van der Waals surface area (Å²) >= 11 is 0. The van der Waals surface area contributed by atoms with Crippen molar-refractivity contribution in [2.24, 2.45) is 11.8 Å². The summed E-state index contributed by atoms with van der Waals surface area (Å²) < 4.78 is 5.83. The fraction of sp³-hybridized carbons (Fsp3) is 0.500. The van der Waals surface area contributed by atoms with Crippen LogP contribution in [0.4, 0.5) is 0 Å². The summed E-state index contributed by atoms with van der Waals surface area (Å²) in [4.78, 5) is 12.9. The van der Waals surface area contributed by atoms with Gasteiger partial charge in [-0.3, -0.25) is 4.79 Å². The molecule has 2 saturated heterocycles. The lowest BCUT2D eigenvalue weighted by molar-refractivity contribution is -0.118. The number of hydrogen-bond acceptors (Lipinski definition) is 3. The van der Waals surface area contributed by atoms with Crippen LogP contribution >= 0.6 is 0 Å². The number of carbonyl (C=O) groups excluding carboxylic acids is 1. The number of fused-ring (bicyclic) bond motifs is 5. The lowest BCUT2D eigenvalue weighted by Crippen LogP contribution is -2.29. The fourth-order valence-electron chi connectivity index (χ4n) is 4.64. The molecule has 1 aromatic rings. The Morgan fingerprint density at radius 2 is 1.62 bits per heavy atom. The van der Waals surface area contributed by atoms with E-state index >= 15 is 0 Å². The molecule has 4 atom stereocenters. The Morgan fingerprint density at radius 3 is 2.19 bits per heavy atom. The first kappa shape index (κ1) is 13.1. The summed E-state index contributed by atoms with van der Waals surface area (Å²) in [5.74, 6) is 0.0946. The number of Topliss-reactive ketones (excluding diaryl/α,β-unsaturated/α-hetero) is 1. The molecule has 0 saturated carbocycles. The van der Waals surface area contributed by atoms with Crippen molar-refractivity contribution >= 4 is 11.4 Å². The maximum absolute atomic E-state index is 12.9. The van der Waals surface area contributed by atoms with Crippen LogP contribution in [-0.2, 0) is 9.53 Å². The van der Waals surface area contributed by atoms with E-state index in [1.165, 1.54) is 5.56 Å². The van der Waals surface area contributed by atoms with Crippen molar-refractivity contribution in [1.82, 2.24) is 0 Å². The van der Waals surface area contributed by atoms with E-state index in [2.05, 4.69) is 19.1 Å². The third kappa shape index (κ3) is 1.61. The molecule has 4 rings (SSSR count). The summed E-state index contributed by atoms with van der Waals surface area (Å²) in [5.41, 5.74) is 4.80. The zero-order chi connectivity index (χ0) is 14.9. The number of aliphatic hydroxyl groups excluding tert-OH is 1. The monoisotopic (exact) mass is 284 g/mol. The predicted molar refractivity (Wildman–Crippen MR) is 80.1 cm³/mol. The molecule has 3 aliphatic rings. The number of carbonyl (C=O) groups is 1. The van der Waals surface area contributed by atoms with E-state index in [4.69, 9.17) is 4.74 Å². The quantitative estimate of drug-likeness (QED) is 0.861. The van der Waals surface area contributed by atoms with Gasteiger partial charge in [-0.2, -0.15) is 0 Å². The lowest BCUT2D eigenvalue weighted by atomic mass is 9.80.